The first-order valence-corrected chi connectivity index (χ1v) is 5.55. The lowest BCUT2D eigenvalue weighted by atomic mass is 10.1. The van der Waals surface area contributed by atoms with Gasteiger partial charge in [-0.3, -0.25) is 9.59 Å². The van der Waals surface area contributed by atoms with E-state index in [1.165, 1.54) is 11.6 Å². The molecule has 0 aromatic heterocycles. The lowest BCUT2D eigenvalue weighted by molar-refractivity contribution is -0.144. The summed E-state index contributed by atoms with van der Waals surface area (Å²) < 4.78 is 4.69. The predicted octanol–water partition coefficient (Wildman–Crippen LogP) is 2.53. The van der Waals surface area contributed by atoms with E-state index in [1.807, 2.05) is 31.2 Å². The van der Waals surface area contributed by atoms with E-state index in [9.17, 15) is 9.59 Å². The number of carbonyl (C=O) groups is 2. The Hall–Kier alpha value is -1.90. The Morgan fingerprint density at radius 2 is 1.88 bits per heavy atom. The Morgan fingerprint density at radius 1 is 1.24 bits per heavy atom. The molecule has 0 N–H and O–H groups in total. The van der Waals surface area contributed by atoms with Gasteiger partial charge in [0.1, 0.15) is 6.42 Å². The smallest absolute Gasteiger partial charge is 0.313 e. The van der Waals surface area contributed by atoms with Crippen molar-refractivity contribution < 1.29 is 14.3 Å². The molecule has 0 fully saturated rings. The van der Waals surface area contributed by atoms with Crippen LogP contribution in [0.25, 0.3) is 6.08 Å². The van der Waals surface area contributed by atoms with Gasteiger partial charge in [-0.2, -0.15) is 0 Å². The first-order valence-electron chi connectivity index (χ1n) is 5.55. The Kier molecular flexibility index (Phi) is 5.14. The molecule has 0 aliphatic carbocycles. The second-order valence-electron chi connectivity index (χ2n) is 3.69. The standard InChI is InChI=1S/C14H16O3/c1-3-17-14(16)10-13(15)9-8-12-6-4-11(2)5-7-12/h4-9H,3,10H2,1-2H3. The van der Waals surface area contributed by atoms with Gasteiger partial charge in [0.05, 0.1) is 6.61 Å². The van der Waals surface area contributed by atoms with Gasteiger partial charge in [-0.15, -0.1) is 0 Å². The van der Waals surface area contributed by atoms with Gasteiger partial charge in [0.25, 0.3) is 0 Å². The molecule has 0 aliphatic heterocycles. The summed E-state index contributed by atoms with van der Waals surface area (Å²) in [6.07, 6.45) is 2.90. The van der Waals surface area contributed by atoms with Crippen molar-refractivity contribution in [2.24, 2.45) is 0 Å². The van der Waals surface area contributed by atoms with E-state index < -0.39 is 5.97 Å². The fourth-order valence-corrected chi connectivity index (χ4v) is 1.28. The fourth-order valence-electron chi connectivity index (χ4n) is 1.28. The van der Waals surface area contributed by atoms with Crippen LogP contribution in [0.5, 0.6) is 0 Å². The van der Waals surface area contributed by atoms with Crippen molar-refractivity contribution in [3.8, 4) is 0 Å². The van der Waals surface area contributed by atoms with Gasteiger partial charge in [0, 0.05) is 0 Å². The third kappa shape index (κ3) is 5.11. The molecule has 0 radical (unpaired) electrons. The van der Waals surface area contributed by atoms with Gasteiger partial charge in [-0.25, -0.2) is 0 Å². The molecule has 1 rings (SSSR count). The molecule has 3 heteroatoms. The van der Waals surface area contributed by atoms with Gasteiger partial charge in [0.15, 0.2) is 5.78 Å². The molecule has 0 spiro atoms. The highest BCUT2D eigenvalue weighted by Crippen LogP contribution is 2.05. The number of carbonyl (C=O) groups excluding carboxylic acids is 2. The number of allylic oxidation sites excluding steroid dienone is 1. The summed E-state index contributed by atoms with van der Waals surface area (Å²) in [5.41, 5.74) is 2.10. The SMILES string of the molecule is CCOC(=O)CC(=O)C=Cc1ccc(C)cc1. The number of rotatable bonds is 5. The van der Waals surface area contributed by atoms with Gasteiger partial charge in [-0.05, 0) is 25.5 Å². The summed E-state index contributed by atoms with van der Waals surface area (Å²) in [5.74, 6) is -0.727. The van der Waals surface area contributed by atoms with Crippen LogP contribution in [0, 0.1) is 6.92 Å². The van der Waals surface area contributed by atoms with Crippen LogP contribution in [0.1, 0.15) is 24.5 Å². The van der Waals surface area contributed by atoms with E-state index >= 15 is 0 Å². The zero-order valence-corrected chi connectivity index (χ0v) is 10.1. The van der Waals surface area contributed by atoms with Crippen molar-refractivity contribution in [2.75, 3.05) is 6.61 Å². The number of ketones is 1. The van der Waals surface area contributed by atoms with Crippen LogP contribution < -0.4 is 0 Å². The van der Waals surface area contributed by atoms with E-state index in [-0.39, 0.29) is 12.2 Å². The molecule has 0 unspecified atom stereocenters. The van der Waals surface area contributed by atoms with Crippen LogP contribution in [0.2, 0.25) is 0 Å². The molecule has 90 valence electrons. The Labute approximate surface area is 101 Å². The number of hydrogen-bond acceptors (Lipinski definition) is 3. The molecule has 17 heavy (non-hydrogen) atoms. The summed E-state index contributed by atoms with van der Waals surface area (Å²) in [4.78, 5) is 22.4. The molecule has 1 aromatic rings. The van der Waals surface area contributed by atoms with Crippen molar-refractivity contribution in [1.82, 2.24) is 0 Å². The zero-order valence-electron chi connectivity index (χ0n) is 10.1. The van der Waals surface area contributed by atoms with E-state index in [4.69, 9.17) is 0 Å². The largest absolute Gasteiger partial charge is 0.466 e. The first-order chi connectivity index (χ1) is 8.11. The van der Waals surface area contributed by atoms with E-state index in [2.05, 4.69) is 4.74 Å². The third-order valence-electron chi connectivity index (χ3n) is 2.16. The Bertz CT molecular complexity index is 416. The van der Waals surface area contributed by atoms with Crippen molar-refractivity contribution in [2.45, 2.75) is 20.3 Å². The first kappa shape index (κ1) is 13.2. The summed E-state index contributed by atoms with van der Waals surface area (Å²) in [6.45, 7) is 4.01. The fraction of sp³-hybridized carbons (Fsp3) is 0.286. The molecule has 0 saturated carbocycles. The monoisotopic (exact) mass is 232 g/mol. The Morgan fingerprint density at radius 3 is 2.47 bits per heavy atom. The normalized spacial score (nSPS) is 10.5. The highest BCUT2D eigenvalue weighted by molar-refractivity contribution is 6.03. The van der Waals surface area contributed by atoms with Gasteiger partial charge >= 0.3 is 5.97 Å². The topological polar surface area (TPSA) is 43.4 Å². The van der Waals surface area contributed by atoms with Crippen LogP contribution in [0.3, 0.4) is 0 Å². The average Bonchev–Trinajstić information content (AvgIpc) is 2.28. The maximum Gasteiger partial charge on any atom is 0.313 e. The van der Waals surface area contributed by atoms with Crippen molar-refractivity contribution >= 4 is 17.8 Å². The molecular weight excluding hydrogens is 216 g/mol. The molecular formula is C14H16O3. The van der Waals surface area contributed by atoms with Crippen LogP contribution in [0.4, 0.5) is 0 Å². The summed E-state index contributed by atoms with van der Waals surface area (Å²) >= 11 is 0. The molecule has 0 saturated heterocycles. The lowest BCUT2D eigenvalue weighted by Crippen LogP contribution is -2.08. The maximum absolute atomic E-state index is 11.4. The molecule has 0 atom stereocenters. The molecule has 0 aliphatic rings. The molecule has 0 heterocycles. The van der Waals surface area contributed by atoms with Crippen molar-refractivity contribution in [3.05, 3.63) is 41.5 Å². The number of benzene rings is 1. The van der Waals surface area contributed by atoms with E-state index in [0.29, 0.717) is 6.61 Å². The molecule has 0 bridgehead atoms. The van der Waals surface area contributed by atoms with Crippen molar-refractivity contribution in [3.63, 3.8) is 0 Å². The summed E-state index contributed by atoms with van der Waals surface area (Å²) in [5, 5.41) is 0. The minimum atomic E-state index is -0.481. The van der Waals surface area contributed by atoms with Gasteiger partial charge in [0.2, 0.25) is 0 Å². The van der Waals surface area contributed by atoms with Gasteiger partial charge < -0.3 is 4.74 Å². The predicted molar refractivity (Wildman–Crippen MR) is 66.5 cm³/mol. The number of aryl methyl sites for hydroxylation is 1. The second-order valence-corrected chi connectivity index (χ2v) is 3.69. The maximum atomic E-state index is 11.4. The summed E-state index contributed by atoms with van der Waals surface area (Å²) in [7, 11) is 0. The zero-order chi connectivity index (χ0) is 12.7. The van der Waals surface area contributed by atoms with Crippen molar-refractivity contribution in [1.29, 1.82) is 0 Å². The minimum absolute atomic E-state index is 0.198. The quantitative estimate of drug-likeness (QED) is 0.445. The molecule has 3 nitrogen and oxygen atoms in total. The molecule has 0 amide bonds. The number of hydrogen-bond donors (Lipinski definition) is 0. The summed E-state index contributed by atoms with van der Waals surface area (Å²) in [6, 6.07) is 7.78. The second kappa shape index (κ2) is 6.63. The minimum Gasteiger partial charge on any atom is -0.466 e. The van der Waals surface area contributed by atoms with Crippen LogP contribution >= 0.6 is 0 Å². The third-order valence-corrected chi connectivity index (χ3v) is 2.16. The average molecular weight is 232 g/mol. The number of ether oxygens (including phenoxy) is 1. The lowest BCUT2D eigenvalue weighted by Gasteiger charge is -1.98. The number of esters is 1. The highest BCUT2D eigenvalue weighted by Gasteiger charge is 2.06. The van der Waals surface area contributed by atoms with Crippen LogP contribution in [0.15, 0.2) is 30.3 Å². The highest BCUT2D eigenvalue weighted by atomic mass is 16.5. The Balaban J connectivity index is 2.50. The molecule has 1 aromatic carbocycles. The van der Waals surface area contributed by atoms with E-state index in [0.717, 1.165) is 5.56 Å². The van der Waals surface area contributed by atoms with E-state index in [1.54, 1.807) is 13.0 Å². The van der Waals surface area contributed by atoms with Crippen LogP contribution in [-0.4, -0.2) is 18.4 Å². The van der Waals surface area contributed by atoms with Gasteiger partial charge in [-0.1, -0.05) is 35.9 Å². The van der Waals surface area contributed by atoms with Crippen LogP contribution in [-0.2, 0) is 14.3 Å².